The SMILES string of the molecule is CCc1ccc(-c2nnn(CC(=O)NCc3ccc(F)cc3)n2)cc1. The largest absolute Gasteiger partial charge is 0.350 e. The molecule has 0 unspecified atom stereocenters. The first-order valence-electron chi connectivity index (χ1n) is 8.02. The Labute approximate surface area is 144 Å². The highest BCUT2D eigenvalue weighted by Crippen LogP contribution is 2.14. The molecule has 0 bridgehead atoms. The third-order valence-corrected chi connectivity index (χ3v) is 3.76. The molecule has 128 valence electrons. The van der Waals surface area contributed by atoms with E-state index in [-0.39, 0.29) is 18.3 Å². The third kappa shape index (κ3) is 4.47. The minimum atomic E-state index is -0.304. The molecule has 0 aliphatic rings. The summed E-state index contributed by atoms with van der Waals surface area (Å²) in [5.41, 5.74) is 2.91. The van der Waals surface area contributed by atoms with Crippen LogP contribution in [-0.4, -0.2) is 26.1 Å². The Morgan fingerprint density at radius 1 is 1.08 bits per heavy atom. The molecular weight excluding hydrogens is 321 g/mol. The Hall–Kier alpha value is -3.09. The van der Waals surface area contributed by atoms with Crippen molar-refractivity contribution in [2.24, 2.45) is 0 Å². The predicted molar refractivity (Wildman–Crippen MR) is 90.9 cm³/mol. The Kier molecular flexibility index (Phi) is 5.13. The van der Waals surface area contributed by atoms with Gasteiger partial charge in [0, 0.05) is 12.1 Å². The number of nitrogens with zero attached hydrogens (tertiary/aromatic N) is 4. The monoisotopic (exact) mass is 339 g/mol. The molecule has 7 heteroatoms. The van der Waals surface area contributed by atoms with E-state index in [1.807, 2.05) is 24.3 Å². The van der Waals surface area contributed by atoms with Gasteiger partial charge in [0.2, 0.25) is 11.7 Å². The van der Waals surface area contributed by atoms with Gasteiger partial charge in [-0.3, -0.25) is 4.79 Å². The summed E-state index contributed by atoms with van der Waals surface area (Å²) in [7, 11) is 0. The normalized spacial score (nSPS) is 10.6. The van der Waals surface area contributed by atoms with Crippen molar-refractivity contribution < 1.29 is 9.18 Å². The molecule has 1 heterocycles. The molecule has 0 aliphatic heterocycles. The lowest BCUT2D eigenvalue weighted by molar-refractivity contribution is -0.122. The molecule has 1 amide bonds. The van der Waals surface area contributed by atoms with E-state index in [1.54, 1.807) is 12.1 Å². The second-order valence-corrected chi connectivity index (χ2v) is 5.60. The molecule has 25 heavy (non-hydrogen) atoms. The summed E-state index contributed by atoms with van der Waals surface area (Å²) in [5.74, 6) is -0.0648. The molecule has 3 aromatic rings. The van der Waals surface area contributed by atoms with Gasteiger partial charge in [-0.25, -0.2) is 4.39 Å². The van der Waals surface area contributed by atoms with Gasteiger partial charge in [0.05, 0.1) is 0 Å². The number of aryl methyl sites for hydroxylation is 1. The van der Waals surface area contributed by atoms with Crippen molar-refractivity contribution in [1.82, 2.24) is 25.5 Å². The van der Waals surface area contributed by atoms with E-state index in [4.69, 9.17) is 0 Å². The number of tetrazole rings is 1. The molecule has 0 fully saturated rings. The molecule has 0 radical (unpaired) electrons. The molecule has 0 atom stereocenters. The summed E-state index contributed by atoms with van der Waals surface area (Å²) in [6, 6.07) is 13.9. The summed E-state index contributed by atoms with van der Waals surface area (Å²) < 4.78 is 12.8. The van der Waals surface area contributed by atoms with E-state index in [0.717, 1.165) is 17.5 Å². The standard InChI is InChI=1S/C18H18FN5O/c1-2-13-3-7-15(8-4-13)18-21-23-24(22-18)12-17(25)20-11-14-5-9-16(19)10-6-14/h3-10H,2,11-12H2,1H3,(H,20,25). The van der Waals surface area contributed by atoms with Gasteiger partial charge >= 0.3 is 0 Å². The highest BCUT2D eigenvalue weighted by Gasteiger charge is 2.09. The van der Waals surface area contributed by atoms with Crippen LogP contribution in [0.1, 0.15) is 18.1 Å². The summed E-state index contributed by atoms with van der Waals surface area (Å²) >= 11 is 0. The van der Waals surface area contributed by atoms with Crippen LogP contribution in [0.25, 0.3) is 11.4 Å². The fourth-order valence-electron chi connectivity index (χ4n) is 2.30. The van der Waals surface area contributed by atoms with Crippen molar-refractivity contribution in [3.8, 4) is 11.4 Å². The zero-order chi connectivity index (χ0) is 17.6. The summed E-state index contributed by atoms with van der Waals surface area (Å²) in [6.45, 7) is 2.38. The van der Waals surface area contributed by atoms with Gasteiger partial charge in [-0.1, -0.05) is 43.3 Å². The van der Waals surface area contributed by atoms with E-state index >= 15 is 0 Å². The van der Waals surface area contributed by atoms with Gasteiger partial charge < -0.3 is 5.32 Å². The van der Waals surface area contributed by atoms with Gasteiger partial charge in [-0.15, -0.1) is 10.2 Å². The van der Waals surface area contributed by atoms with Crippen LogP contribution in [0.4, 0.5) is 4.39 Å². The topological polar surface area (TPSA) is 72.7 Å². The molecular formula is C18H18FN5O. The Bertz CT molecular complexity index is 843. The number of hydrogen-bond donors (Lipinski definition) is 1. The fourth-order valence-corrected chi connectivity index (χ4v) is 2.30. The number of aromatic nitrogens is 4. The number of carbonyl (C=O) groups excluding carboxylic acids is 1. The molecule has 0 aliphatic carbocycles. The smallest absolute Gasteiger partial charge is 0.243 e. The van der Waals surface area contributed by atoms with Gasteiger partial charge in [0.15, 0.2) is 0 Å². The van der Waals surface area contributed by atoms with Gasteiger partial charge in [0.1, 0.15) is 12.4 Å². The molecule has 0 saturated carbocycles. The van der Waals surface area contributed by atoms with Crippen molar-refractivity contribution in [2.45, 2.75) is 26.4 Å². The number of rotatable bonds is 6. The maximum Gasteiger partial charge on any atom is 0.243 e. The van der Waals surface area contributed by atoms with Crippen LogP contribution in [-0.2, 0) is 24.3 Å². The van der Waals surface area contributed by atoms with Crippen LogP contribution < -0.4 is 5.32 Å². The molecule has 1 N–H and O–H groups in total. The first kappa shape index (κ1) is 16.8. The van der Waals surface area contributed by atoms with Crippen molar-refractivity contribution >= 4 is 5.91 Å². The molecule has 0 spiro atoms. The first-order chi connectivity index (χ1) is 12.1. The Morgan fingerprint density at radius 3 is 2.44 bits per heavy atom. The van der Waals surface area contributed by atoms with Crippen LogP contribution >= 0.6 is 0 Å². The maximum absolute atomic E-state index is 12.8. The van der Waals surface area contributed by atoms with Crippen LogP contribution in [0, 0.1) is 5.82 Å². The highest BCUT2D eigenvalue weighted by molar-refractivity contribution is 5.75. The van der Waals surface area contributed by atoms with E-state index in [0.29, 0.717) is 12.4 Å². The van der Waals surface area contributed by atoms with Crippen LogP contribution in [0.5, 0.6) is 0 Å². The molecule has 1 aromatic heterocycles. The zero-order valence-corrected chi connectivity index (χ0v) is 13.8. The number of nitrogens with one attached hydrogen (secondary N) is 1. The second-order valence-electron chi connectivity index (χ2n) is 5.60. The van der Waals surface area contributed by atoms with E-state index in [1.165, 1.54) is 22.5 Å². The van der Waals surface area contributed by atoms with Crippen molar-refractivity contribution in [3.63, 3.8) is 0 Å². The molecule has 2 aromatic carbocycles. The third-order valence-electron chi connectivity index (χ3n) is 3.76. The lowest BCUT2D eigenvalue weighted by Crippen LogP contribution is -2.28. The zero-order valence-electron chi connectivity index (χ0n) is 13.8. The number of carbonyl (C=O) groups is 1. The second kappa shape index (κ2) is 7.65. The number of halogens is 1. The van der Waals surface area contributed by atoms with Crippen molar-refractivity contribution in [1.29, 1.82) is 0 Å². The number of hydrogen-bond acceptors (Lipinski definition) is 4. The quantitative estimate of drug-likeness (QED) is 0.748. The number of benzene rings is 2. The summed E-state index contributed by atoms with van der Waals surface area (Å²) in [5, 5.41) is 14.9. The lowest BCUT2D eigenvalue weighted by Gasteiger charge is -2.04. The van der Waals surface area contributed by atoms with Crippen molar-refractivity contribution in [2.75, 3.05) is 0 Å². The van der Waals surface area contributed by atoms with Crippen LogP contribution in [0.2, 0.25) is 0 Å². The van der Waals surface area contributed by atoms with E-state index < -0.39 is 0 Å². The fraction of sp³-hybridized carbons (Fsp3) is 0.222. The van der Waals surface area contributed by atoms with E-state index in [2.05, 4.69) is 27.7 Å². The van der Waals surface area contributed by atoms with Crippen LogP contribution in [0.15, 0.2) is 48.5 Å². The predicted octanol–water partition coefficient (Wildman–Crippen LogP) is 2.36. The maximum atomic E-state index is 12.8. The van der Waals surface area contributed by atoms with Crippen LogP contribution in [0.3, 0.4) is 0 Å². The van der Waals surface area contributed by atoms with Gasteiger partial charge in [-0.2, -0.15) is 4.80 Å². The average Bonchev–Trinajstić information content (AvgIpc) is 3.10. The summed E-state index contributed by atoms with van der Waals surface area (Å²) in [4.78, 5) is 13.2. The Balaban J connectivity index is 1.56. The lowest BCUT2D eigenvalue weighted by atomic mass is 10.1. The Morgan fingerprint density at radius 2 is 1.76 bits per heavy atom. The molecule has 0 saturated heterocycles. The van der Waals surface area contributed by atoms with Gasteiger partial charge in [-0.05, 0) is 34.9 Å². The van der Waals surface area contributed by atoms with E-state index in [9.17, 15) is 9.18 Å². The summed E-state index contributed by atoms with van der Waals surface area (Å²) in [6.07, 6.45) is 0.967. The molecule has 3 rings (SSSR count). The minimum Gasteiger partial charge on any atom is -0.350 e. The average molecular weight is 339 g/mol. The van der Waals surface area contributed by atoms with Gasteiger partial charge in [0.25, 0.3) is 0 Å². The van der Waals surface area contributed by atoms with Crippen molar-refractivity contribution in [3.05, 3.63) is 65.5 Å². The molecule has 6 nitrogen and oxygen atoms in total. The number of amides is 1. The first-order valence-corrected chi connectivity index (χ1v) is 8.02. The highest BCUT2D eigenvalue weighted by atomic mass is 19.1. The minimum absolute atomic E-state index is 0.0265.